The Morgan fingerprint density at radius 3 is 2.20 bits per heavy atom. The third-order valence-electron chi connectivity index (χ3n) is 3.10. The van der Waals surface area contributed by atoms with Crippen molar-refractivity contribution >= 4 is 29.0 Å². The minimum Gasteiger partial charge on any atom is -0.392 e. The van der Waals surface area contributed by atoms with Gasteiger partial charge >= 0.3 is 0 Å². The number of thiocarbonyl (C=S) groups is 1. The number of nitrogens with zero attached hydrogens (tertiary/aromatic N) is 1. The molecule has 0 aromatic carbocycles. The Kier molecular flexibility index (Phi) is 2.30. The molecule has 82 valence electrons. The number of amides is 2. The molecular weight excluding hydrogens is 212 g/mol. The fourth-order valence-corrected chi connectivity index (χ4v) is 2.61. The Morgan fingerprint density at radius 1 is 1.40 bits per heavy atom. The molecule has 3 atom stereocenters. The van der Waals surface area contributed by atoms with E-state index in [1.165, 1.54) is 4.90 Å². The van der Waals surface area contributed by atoms with Gasteiger partial charge in [-0.05, 0) is 12.3 Å². The first kappa shape index (κ1) is 10.5. The van der Waals surface area contributed by atoms with Gasteiger partial charge in [-0.2, -0.15) is 0 Å². The van der Waals surface area contributed by atoms with Gasteiger partial charge in [0.15, 0.2) is 0 Å². The lowest BCUT2D eigenvalue weighted by atomic mass is 10.0. The van der Waals surface area contributed by atoms with Crippen molar-refractivity contribution in [1.29, 1.82) is 0 Å². The summed E-state index contributed by atoms with van der Waals surface area (Å²) in [4.78, 5) is 25.1. The van der Waals surface area contributed by atoms with E-state index in [-0.39, 0.29) is 34.6 Å². The first-order valence-corrected chi connectivity index (χ1v) is 5.52. The molecule has 2 aliphatic rings. The number of hydrogen-bond donors (Lipinski definition) is 1. The molecule has 4 nitrogen and oxygen atoms in total. The van der Waals surface area contributed by atoms with E-state index in [9.17, 15) is 9.59 Å². The highest BCUT2D eigenvalue weighted by Crippen LogP contribution is 2.48. The van der Waals surface area contributed by atoms with E-state index in [4.69, 9.17) is 18.0 Å². The highest BCUT2D eigenvalue weighted by Gasteiger charge is 2.60. The van der Waals surface area contributed by atoms with Crippen molar-refractivity contribution in [3.63, 3.8) is 0 Å². The number of hydrogen-bond acceptors (Lipinski definition) is 3. The van der Waals surface area contributed by atoms with Crippen molar-refractivity contribution < 1.29 is 9.59 Å². The average Bonchev–Trinajstić information content (AvgIpc) is 2.84. The van der Waals surface area contributed by atoms with Crippen molar-refractivity contribution in [2.75, 3.05) is 0 Å². The van der Waals surface area contributed by atoms with Crippen molar-refractivity contribution in [2.45, 2.75) is 26.3 Å². The second-order valence-electron chi connectivity index (χ2n) is 4.59. The molecule has 1 saturated carbocycles. The van der Waals surface area contributed by atoms with Crippen LogP contribution in [0.15, 0.2) is 0 Å². The fraction of sp³-hybridized carbons (Fsp3) is 0.700. The Bertz CT molecular complexity index is 333. The summed E-state index contributed by atoms with van der Waals surface area (Å²) >= 11 is 4.92. The zero-order valence-electron chi connectivity index (χ0n) is 8.77. The number of piperidine rings is 1. The van der Waals surface area contributed by atoms with Gasteiger partial charge < -0.3 is 5.73 Å². The highest BCUT2D eigenvalue weighted by atomic mass is 32.1. The van der Waals surface area contributed by atoms with Gasteiger partial charge in [-0.15, -0.1) is 0 Å². The SMILES string of the molecule is CC(C)C(C(N)=S)N1C(=O)C2CC2C1=O. The minimum atomic E-state index is -0.409. The van der Waals surface area contributed by atoms with Crippen LogP contribution >= 0.6 is 12.2 Å². The molecule has 0 spiro atoms. The summed E-state index contributed by atoms with van der Waals surface area (Å²) in [6.45, 7) is 3.82. The van der Waals surface area contributed by atoms with E-state index in [2.05, 4.69) is 0 Å². The van der Waals surface area contributed by atoms with E-state index >= 15 is 0 Å². The average molecular weight is 226 g/mol. The van der Waals surface area contributed by atoms with Gasteiger partial charge in [0.1, 0.15) is 0 Å². The Labute approximate surface area is 93.8 Å². The fourth-order valence-electron chi connectivity index (χ4n) is 2.23. The third-order valence-corrected chi connectivity index (χ3v) is 3.34. The molecule has 1 saturated heterocycles. The topological polar surface area (TPSA) is 63.4 Å². The van der Waals surface area contributed by atoms with Gasteiger partial charge in [0.05, 0.1) is 22.9 Å². The molecule has 0 bridgehead atoms. The van der Waals surface area contributed by atoms with Crippen molar-refractivity contribution in [1.82, 2.24) is 4.90 Å². The Hall–Kier alpha value is -0.970. The van der Waals surface area contributed by atoms with Gasteiger partial charge in [0, 0.05) is 0 Å². The van der Waals surface area contributed by atoms with Crippen molar-refractivity contribution in [3.8, 4) is 0 Å². The van der Waals surface area contributed by atoms with E-state index in [0.717, 1.165) is 6.42 Å². The normalized spacial score (nSPS) is 30.7. The summed E-state index contributed by atoms with van der Waals surface area (Å²) in [6, 6.07) is -0.409. The number of carbonyl (C=O) groups is 2. The summed E-state index contributed by atoms with van der Waals surface area (Å²) in [5.74, 6) is -0.248. The van der Waals surface area contributed by atoms with Crippen LogP contribution < -0.4 is 5.73 Å². The van der Waals surface area contributed by atoms with Crippen LogP contribution in [0.5, 0.6) is 0 Å². The smallest absolute Gasteiger partial charge is 0.233 e. The van der Waals surface area contributed by atoms with Crippen LogP contribution in [-0.4, -0.2) is 27.7 Å². The number of carbonyl (C=O) groups excluding carboxylic acids is 2. The lowest BCUT2D eigenvalue weighted by Crippen LogP contribution is -2.51. The summed E-state index contributed by atoms with van der Waals surface area (Å²) < 4.78 is 0. The van der Waals surface area contributed by atoms with Crippen LogP contribution in [0.4, 0.5) is 0 Å². The first-order chi connectivity index (χ1) is 6.95. The third kappa shape index (κ3) is 1.45. The van der Waals surface area contributed by atoms with Gasteiger partial charge in [-0.3, -0.25) is 14.5 Å². The number of likely N-dealkylation sites (tertiary alicyclic amines) is 1. The predicted molar refractivity (Wildman–Crippen MR) is 58.9 cm³/mol. The predicted octanol–water partition coefficient (Wildman–Crippen LogP) is 0.302. The van der Waals surface area contributed by atoms with Gasteiger partial charge in [-0.25, -0.2) is 0 Å². The summed E-state index contributed by atoms with van der Waals surface area (Å²) in [6.07, 6.45) is 0.719. The van der Waals surface area contributed by atoms with Gasteiger partial charge in [0.2, 0.25) is 11.8 Å². The van der Waals surface area contributed by atoms with Gasteiger partial charge in [0.25, 0.3) is 0 Å². The Morgan fingerprint density at radius 2 is 1.87 bits per heavy atom. The molecule has 3 unspecified atom stereocenters. The lowest BCUT2D eigenvalue weighted by Gasteiger charge is -2.29. The standard InChI is InChI=1S/C10H14N2O2S/c1-4(2)7(8(11)15)12-9(13)5-3-6(5)10(12)14/h4-7H,3H2,1-2H3,(H2,11,15). The van der Waals surface area contributed by atoms with Crippen molar-refractivity contribution in [2.24, 2.45) is 23.5 Å². The molecule has 15 heavy (non-hydrogen) atoms. The molecular formula is C10H14N2O2S. The molecule has 2 rings (SSSR count). The molecule has 0 aromatic rings. The minimum absolute atomic E-state index is 0.0758. The quantitative estimate of drug-likeness (QED) is 0.555. The molecule has 0 radical (unpaired) electrons. The monoisotopic (exact) mass is 226 g/mol. The van der Waals surface area contributed by atoms with Crippen LogP contribution in [0.25, 0.3) is 0 Å². The van der Waals surface area contributed by atoms with Crippen LogP contribution in [0.1, 0.15) is 20.3 Å². The summed E-state index contributed by atoms with van der Waals surface area (Å²) in [5.41, 5.74) is 5.59. The lowest BCUT2D eigenvalue weighted by molar-refractivity contribution is -0.143. The molecule has 1 heterocycles. The zero-order chi connectivity index (χ0) is 11.3. The van der Waals surface area contributed by atoms with E-state index in [1.807, 2.05) is 13.8 Å². The van der Waals surface area contributed by atoms with E-state index < -0.39 is 6.04 Å². The second-order valence-corrected chi connectivity index (χ2v) is 5.06. The molecule has 2 fully saturated rings. The molecule has 1 aliphatic heterocycles. The number of imide groups is 1. The number of nitrogens with two attached hydrogens (primary N) is 1. The number of rotatable bonds is 3. The maximum atomic E-state index is 11.8. The highest BCUT2D eigenvalue weighted by molar-refractivity contribution is 7.80. The molecule has 1 aliphatic carbocycles. The van der Waals surface area contributed by atoms with E-state index in [1.54, 1.807) is 0 Å². The maximum Gasteiger partial charge on any atom is 0.233 e. The molecule has 0 aromatic heterocycles. The largest absolute Gasteiger partial charge is 0.392 e. The van der Waals surface area contributed by atoms with Crippen LogP contribution in [-0.2, 0) is 9.59 Å². The molecule has 2 N–H and O–H groups in total. The van der Waals surface area contributed by atoms with Crippen LogP contribution in [0.3, 0.4) is 0 Å². The maximum absolute atomic E-state index is 11.8. The van der Waals surface area contributed by atoms with Crippen molar-refractivity contribution in [3.05, 3.63) is 0 Å². The van der Waals surface area contributed by atoms with Crippen LogP contribution in [0, 0.1) is 17.8 Å². The Balaban J connectivity index is 2.25. The second kappa shape index (κ2) is 3.27. The number of fused-ring (bicyclic) bond motifs is 1. The summed E-state index contributed by atoms with van der Waals surface area (Å²) in [5, 5.41) is 0. The zero-order valence-corrected chi connectivity index (χ0v) is 9.58. The van der Waals surface area contributed by atoms with Gasteiger partial charge in [-0.1, -0.05) is 26.1 Å². The van der Waals surface area contributed by atoms with E-state index in [0.29, 0.717) is 0 Å². The molecule has 5 heteroatoms. The molecule has 2 amide bonds. The van der Waals surface area contributed by atoms with Crippen LogP contribution in [0.2, 0.25) is 0 Å². The first-order valence-electron chi connectivity index (χ1n) is 5.11. The summed E-state index contributed by atoms with van der Waals surface area (Å²) in [7, 11) is 0.